The first kappa shape index (κ1) is 24.3. The number of benzene rings is 2. The third-order valence-corrected chi connectivity index (χ3v) is 6.80. The summed E-state index contributed by atoms with van der Waals surface area (Å²) in [6.45, 7) is 0. The number of nitrogens with zero attached hydrogens (tertiary/aromatic N) is 2. The average Bonchev–Trinajstić information content (AvgIpc) is 3.65. The Morgan fingerprint density at radius 1 is 0.946 bits per heavy atom. The van der Waals surface area contributed by atoms with Crippen LogP contribution in [0, 0.1) is 0 Å². The van der Waals surface area contributed by atoms with Gasteiger partial charge in [-0.2, -0.15) is 0 Å². The Morgan fingerprint density at radius 3 is 2.32 bits per heavy atom. The number of methoxy groups -OCH3 is 1. The molecule has 4 aromatic rings. The number of carbonyl (C=O) groups excluding carboxylic acids is 2. The maximum absolute atomic E-state index is 14.2. The van der Waals surface area contributed by atoms with Crippen molar-refractivity contribution < 1.29 is 14.3 Å². The molecule has 0 saturated heterocycles. The summed E-state index contributed by atoms with van der Waals surface area (Å²) in [5.41, 5.74) is 3.47. The number of rotatable bonds is 8. The Labute approximate surface area is 216 Å². The number of aromatic amines is 1. The zero-order valence-electron chi connectivity index (χ0n) is 20.8. The second-order valence-electron chi connectivity index (χ2n) is 9.20. The number of ether oxygens (including phenoxy) is 1. The van der Waals surface area contributed by atoms with Crippen LogP contribution < -0.4 is 15.0 Å². The molecule has 2 heterocycles. The maximum Gasteiger partial charge on any atom is 0.275 e. The number of amides is 2. The lowest BCUT2D eigenvalue weighted by atomic mass is 10.0. The zero-order chi connectivity index (χ0) is 25.6. The molecule has 2 aromatic carbocycles. The van der Waals surface area contributed by atoms with Gasteiger partial charge in [-0.05, 0) is 72.5 Å². The lowest BCUT2D eigenvalue weighted by Crippen LogP contribution is -2.46. The first-order valence-electron chi connectivity index (χ1n) is 12.6. The minimum atomic E-state index is -0.882. The third-order valence-electron chi connectivity index (χ3n) is 6.80. The molecular formula is C30H30N4O3. The van der Waals surface area contributed by atoms with Crippen LogP contribution >= 0.6 is 0 Å². The van der Waals surface area contributed by atoms with E-state index in [0.717, 1.165) is 36.9 Å². The number of anilines is 1. The molecule has 1 saturated carbocycles. The van der Waals surface area contributed by atoms with E-state index >= 15 is 0 Å². The van der Waals surface area contributed by atoms with Gasteiger partial charge >= 0.3 is 0 Å². The van der Waals surface area contributed by atoms with Crippen molar-refractivity contribution in [3.63, 3.8) is 0 Å². The van der Waals surface area contributed by atoms with Gasteiger partial charge in [0, 0.05) is 29.8 Å². The van der Waals surface area contributed by atoms with E-state index in [2.05, 4.69) is 15.3 Å². The molecule has 1 fully saturated rings. The van der Waals surface area contributed by atoms with Crippen molar-refractivity contribution in [2.45, 2.75) is 37.8 Å². The van der Waals surface area contributed by atoms with E-state index in [0.29, 0.717) is 22.7 Å². The molecule has 7 heteroatoms. The van der Waals surface area contributed by atoms with E-state index in [1.165, 1.54) is 0 Å². The normalized spacial score (nSPS) is 14.2. The number of H-pyrrole nitrogens is 1. The van der Waals surface area contributed by atoms with Crippen LogP contribution in [0.4, 0.5) is 5.69 Å². The molecule has 1 aliphatic rings. The van der Waals surface area contributed by atoms with Crippen molar-refractivity contribution >= 4 is 17.5 Å². The summed E-state index contributed by atoms with van der Waals surface area (Å²) in [5.74, 6) is 0.145. The van der Waals surface area contributed by atoms with Gasteiger partial charge in [-0.25, -0.2) is 0 Å². The van der Waals surface area contributed by atoms with Gasteiger partial charge in [-0.3, -0.25) is 19.5 Å². The Bertz CT molecular complexity index is 1330. The topological polar surface area (TPSA) is 87.3 Å². The quantitative estimate of drug-likeness (QED) is 0.337. The van der Waals surface area contributed by atoms with Crippen LogP contribution in [-0.4, -0.2) is 34.9 Å². The number of nitrogens with one attached hydrogen (secondary N) is 2. The van der Waals surface area contributed by atoms with Gasteiger partial charge in [0.1, 0.15) is 17.5 Å². The molecule has 2 amide bonds. The third kappa shape index (κ3) is 5.40. The predicted molar refractivity (Wildman–Crippen MR) is 143 cm³/mol. The molecule has 1 aliphatic carbocycles. The summed E-state index contributed by atoms with van der Waals surface area (Å²) in [6.07, 6.45) is 7.37. The number of carbonyl (C=O) groups is 2. The molecule has 0 spiro atoms. The lowest BCUT2D eigenvalue weighted by molar-refractivity contribution is -0.123. The Morgan fingerprint density at radius 2 is 1.65 bits per heavy atom. The largest absolute Gasteiger partial charge is 0.497 e. The second-order valence-corrected chi connectivity index (χ2v) is 9.20. The average molecular weight is 495 g/mol. The molecule has 1 unspecified atom stereocenters. The number of pyridine rings is 1. The monoisotopic (exact) mass is 494 g/mol. The Hall–Kier alpha value is -4.39. The van der Waals surface area contributed by atoms with E-state index in [-0.39, 0.29) is 17.9 Å². The molecule has 1 atom stereocenters. The van der Waals surface area contributed by atoms with E-state index in [9.17, 15) is 9.59 Å². The number of hydrogen-bond donors (Lipinski definition) is 2. The Kier molecular flexibility index (Phi) is 7.31. The van der Waals surface area contributed by atoms with Crippen LogP contribution in [0.2, 0.25) is 0 Å². The van der Waals surface area contributed by atoms with Gasteiger partial charge in [-0.1, -0.05) is 43.2 Å². The first-order valence-corrected chi connectivity index (χ1v) is 12.6. The Balaban J connectivity index is 1.57. The molecule has 0 radical (unpaired) electrons. The molecule has 0 bridgehead atoms. The van der Waals surface area contributed by atoms with Crippen molar-refractivity contribution in [3.05, 3.63) is 103 Å². The molecule has 188 valence electrons. The van der Waals surface area contributed by atoms with Crippen LogP contribution in [-0.2, 0) is 4.79 Å². The van der Waals surface area contributed by atoms with Crippen molar-refractivity contribution in [1.29, 1.82) is 0 Å². The van der Waals surface area contributed by atoms with Crippen molar-refractivity contribution in [2.24, 2.45) is 0 Å². The molecule has 7 nitrogen and oxygen atoms in total. The number of aromatic nitrogens is 2. The molecule has 2 N–H and O–H groups in total. The van der Waals surface area contributed by atoms with Gasteiger partial charge in [-0.15, -0.1) is 0 Å². The van der Waals surface area contributed by atoms with Gasteiger partial charge in [0.25, 0.3) is 5.91 Å². The SMILES string of the molecule is COc1ccc(N(C(=O)c2ccc(-c3ccccc3)[nH]2)C(C(=O)NC2CCCC2)c2ccncc2)cc1. The van der Waals surface area contributed by atoms with Crippen LogP contribution in [0.5, 0.6) is 5.75 Å². The molecular weight excluding hydrogens is 464 g/mol. The zero-order valence-corrected chi connectivity index (χ0v) is 20.8. The number of hydrogen-bond acceptors (Lipinski definition) is 4. The summed E-state index contributed by atoms with van der Waals surface area (Å²) in [5, 5.41) is 3.20. The standard InChI is InChI=1S/C30H30N4O3/c1-37-25-13-11-24(12-14-25)34(30(36)27-16-15-26(33-27)21-7-3-2-4-8-21)28(22-17-19-31-20-18-22)29(35)32-23-9-5-6-10-23/h2-4,7-8,11-20,23,28,33H,5-6,9-10H2,1H3,(H,32,35). The fraction of sp³-hybridized carbons (Fsp3) is 0.233. The van der Waals surface area contributed by atoms with E-state index in [1.807, 2.05) is 36.4 Å². The summed E-state index contributed by atoms with van der Waals surface area (Å²) in [4.78, 5) is 37.0. The fourth-order valence-electron chi connectivity index (χ4n) is 4.88. The van der Waals surface area contributed by atoms with Crippen LogP contribution in [0.15, 0.2) is 91.3 Å². The van der Waals surface area contributed by atoms with E-state index in [1.54, 1.807) is 66.9 Å². The smallest absolute Gasteiger partial charge is 0.275 e. The summed E-state index contributed by atoms with van der Waals surface area (Å²) < 4.78 is 5.33. The van der Waals surface area contributed by atoms with Crippen LogP contribution in [0.3, 0.4) is 0 Å². The highest BCUT2D eigenvalue weighted by Crippen LogP contribution is 2.32. The highest BCUT2D eigenvalue weighted by molar-refractivity contribution is 6.09. The van der Waals surface area contributed by atoms with Crippen molar-refractivity contribution in [2.75, 3.05) is 12.0 Å². The van der Waals surface area contributed by atoms with Crippen LogP contribution in [0.25, 0.3) is 11.3 Å². The minimum Gasteiger partial charge on any atom is -0.497 e. The minimum absolute atomic E-state index is 0.111. The highest BCUT2D eigenvalue weighted by atomic mass is 16.5. The molecule has 37 heavy (non-hydrogen) atoms. The van der Waals surface area contributed by atoms with Gasteiger partial charge in [0.15, 0.2) is 0 Å². The van der Waals surface area contributed by atoms with Crippen molar-refractivity contribution in [1.82, 2.24) is 15.3 Å². The predicted octanol–water partition coefficient (Wildman–Crippen LogP) is 5.53. The first-order chi connectivity index (χ1) is 18.1. The maximum atomic E-state index is 14.2. The lowest BCUT2D eigenvalue weighted by Gasteiger charge is -2.32. The highest BCUT2D eigenvalue weighted by Gasteiger charge is 2.35. The summed E-state index contributed by atoms with van der Waals surface area (Å²) >= 11 is 0. The van der Waals surface area contributed by atoms with Gasteiger partial charge < -0.3 is 15.0 Å². The van der Waals surface area contributed by atoms with Gasteiger partial charge in [0.05, 0.1) is 7.11 Å². The molecule has 2 aromatic heterocycles. The van der Waals surface area contributed by atoms with E-state index in [4.69, 9.17) is 4.74 Å². The van der Waals surface area contributed by atoms with Crippen molar-refractivity contribution in [3.8, 4) is 17.0 Å². The van der Waals surface area contributed by atoms with E-state index < -0.39 is 6.04 Å². The van der Waals surface area contributed by atoms with Crippen LogP contribution in [0.1, 0.15) is 47.8 Å². The summed E-state index contributed by atoms with van der Waals surface area (Å²) in [6, 6.07) is 23.4. The second kappa shape index (κ2) is 11.1. The van der Waals surface area contributed by atoms with Gasteiger partial charge in [0.2, 0.25) is 5.91 Å². The molecule has 0 aliphatic heterocycles. The summed E-state index contributed by atoms with van der Waals surface area (Å²) in [7, 11) is 1.59. The fourth-order valence-corrected chi connectivity index (χ4v) is 4.88. The molecule has 5 rings (SSSR count).